The molecule has 0 unspecified atom stereocenters. The first-order valence-electron chi connectivity index (χ1n) is 5.68. The maximum absolute atomic E-state index is 10.7. The minimum atomic E-state index is 0.479. The zero-order chi connectivity index (χ0) is 12.7. The van der Waals surface area contributed by atoms with E-state index < -0.39 is 0 Å². The highest BCUT2D eigenvalue weighted by Crippen LogP contribution is 2.27. The molecule has 0 atom stereocenters. The Morgan fingerprint density at radius 1 is 1.28 bits per heavy atom. The van der Waals surface area contributed by atoms with Crippen LogP contribution >= 0.6 is 11.3 Å². The van der Waals surface area contributed by atoms with E-state index >= 15 is 0 Å². The number of aryl methyl sites for hydroxylation is 2. The van der Waals surface area contributed by atoms with Crippen molar-refractivity contribution in [2.75, 3.05) is 0 Å². The Kier molecular flexibility index (Phi) is 2.52. The third kappa shape index (κ3) is 1.66. The van der Waals surface area contributed by atoms with Crippen LogP contribution in [0.4, 0.5) is 0 Å². The van der Waals surface area contributed by atoms with Crippen LogP contribution in [0.3, 0.4) is 0 Å². The van der Waals surface area contributed by atoms with Gasteiger partial charge in [-0.25, -0.2) is 4.98 Å². The molecule has 0 aliphatic carbocycles. The predicted octanol–water partition coefficient (Wildman–Crippen LogP) is 3.49. The van der Waals surface area contributed by atoms with E-state index in [1.54, 1.807) is 17.5 Å². The molecule has 0 spiro atoms. The molecule has 0 bridgehead atoms. The standard InChI is InChI=1S/C14H12N2OS/c1-9-3-4-11(5-10(9)2)13-8-18-14-15-12(7-17)6-16(13)14/h3-8H,1-2H3. The molecular weight excluding hydrogens is 244 g/mol. The molecule has 3 nitrogen and oxygen atoms in total. The maximum Gasteiger partial charge on any atom is 0.194 e. The summed E-state index contributed by atoms with van der Waals surface area (Å²) in [5, 5.41) is 2.07. The number of carbonyl (C=O) groups excluding carboxylic acids is 1. The van der Waals surface area contributed by atoms with Gasteiger partial charge in [-0.15, -0.1) is 11.3 Å². The molecule has 0 N–H and O–H groups in total. The minimum absolute atomic E-state index is 0.479. The van der Waals surface area contributed by atoms with Crippen molar-refractivity contribution < 1.29 is 4.79 Å². The Bertz CT molecular complexity index is 739. The van der Waals surface area contributed by atoms with Crippen LogP contribution < -0.4 is 0 Å². The topological polar surface area (TPSA) is 34.4 Å². The average Bonchev–Trinajstić information content (AvgIpc) is 2.92. The number of fused-ring (bicyclic) bond motifs is 1. The van der Waals surface area contributed by atoms with Crippen LogP contribution in [0.2, 0.25) is 0 Å². The number of nitrogens with zero attached hydrogens (tertiary/aromatic N) is 2. The monoisotopic (exact) mass is 256 g/mol. The fourth-order valence-corrected chi connectivity index (χ4v) is 2.86. The largest absolute Gasteiger partial charge is 0.296 e. The van der Waals surface area contributed by atoms with E-state index in [0.29, 0.717) is 5.69 Å². The molecule has 3 rings (SSSR count). The van der Waals surface area contributed by atoms with Gasteiger partial charge in [0.15, 0.2) is 11.2 Å². The van der Waals surface area contributed by atoms with Gasteiger partial charge >= 0.3 is 0 Å². The second kappa shape index (κ2) is 4.07. The Hall–Kier alpha value is -1.94. The van der Waals surface area contributed by atoms with Gasteiger partial charge in [-0.3, -0.25) is 9.20 Å². The molecule has 18 heavy (non-hydrogen) atoms. The normalized spacial score (nSPS) is 11.0. The molecule has 2 heterocycles. The highest BCUT2D eigenvalue weighted by atomic mass is 32.1. The van der Waals surface area contributed by atoms with Crippen LogP contribution in [0, 0.1) is 13.8 Å². The number of aldehydes is 1. The molecular formula is C14H12N2OS. The lowest BCUT2D eigenvalue weighted by Crippen LogP contribution is -1.87. The number of rotatable bonds is 2. The fourth-order valence-electron chi connectivity index (χ4n) is 1.97. The van der Waals surface area contributed by atoms with Gasteiger partial charge in [-0.2, -0.15) is 0 Å². The fraction of sp³-hybridized carbons (Fsp3) is 0.143. The number of hydrogen-bond acceptors (Lipinski definition) is 3. The molecule has 0 saturated carbocycles. The highest BCUT2D eigenvalue weighted by Gasteiger charge is 2.09. The molecule has 0 aliphatic rings. The third-order valence-corrected chi connectivity index (χ3v) is 3.99. The molecule has 0 amide bonds. The lowest BCUT2D eigenvalue weighted by Gasteiger charge is -2.04. The Balaban J connectivity index is 2.20. The highest BCUT2D eigenvalue weighted by molar-refractivity contribution is 7.15. The first kappa shape index (κ1) is 11.2. The zero-order valence-electron chi connectivity index (χ0n) is 10.2. The summed E-state index contributed by atoms with van der Waals surface area (Å²) in [5.74, 6) is 0. The van der Waals surface area contributed by atoms with Crippen LogP contribution in [0.1, 0.15) is 21.6 Å². The number of hydrogen-bond donors (Lipinski definition) is 0. The van der Waals surface area contributed by atoms with Gasteiger partial charge in [0.25, 0.3) is 0 Å². The van der Waals surface area contributed by atoms with Gasteiger partial charge in [0.05, 0.1) is 5.69 Å². The minimum Gasteiger partial charge on any atom is -0.296 e. The Morgan fingerprint density at radius 2 is 2.11 bits per heavy atom. The zero-order valence-corrected chi connectivity index (χ0v) is 11.0. The molecule has 2 aromatic heterocycles. The van der Waals surface area contributed by atoms with Gasteiger partial charge in [0.1, 0.15) is 5.69 Å². The Morgan fingerprint density at radius 3 is 2.83 bits per heavy atom. The number of imidazole rings is 1. The number of aromatic nitrogens is 2. The summed E-state index contributed by atoms with van der Waals surface area (Å²) in [6.45, 7) is 4.21. The SMILES string of the molecule is Cc1ccc(-c2csc3nc(C=O)cn23)cc1C. The van der Waals surface area contributed by atoms with Crippen LogP contribution in [-0.4, -0.2) is 15.7 Å². The number of thiazole rings is 1. The van der Waals surface area contributed by atoms with Crippen molar-refractivity contribution in [1.82, 2.24) is 9.38 Å². The van der Waals surface area contributed by atoms with Crippen LogP contribution in [0.15, 0.2) is 29.8 Å². The van der Waals surface area contributed by atoms with Crippen molar-refractivity contribution in [3.63, 3.8) is 0 Å². The number of benzene rings is 1. The summed E-state index contributed by atoms with van der Waals surface area (Å²) < 4.78 is 1.97. The predicted molar refractivity (Wildman–Crippen MR) is 73.4 cm³/mol. The molecule has 90 valence electrons. The van der Waals surface area contributed by atoms with Crippen LogP contribution in [-0.2, 0) is 0 Å². The van der Waals surface area contributed by atoms with Crippen molar-refractivity contribution in [3.8, 4) is 11.3 Å². The van der Waals surface area contributed by atoms with Crippen molar-refractivity contribution in [2.45, 2.75) is 13.8 Å². The van der Waals surface area contributed by atoms with E-state index in [2.05, 4.69) is 42.4 Å². The summed E-state index contributed by atoms with van der Waals surface area (Å²) in [4.78, 5) is 15.8. The molecule has 4 heteroatoms. The molecule has 0 aliphatic heterocycles. The van der Waals surface area contributed by atoms with E-state index in [0.717, 1.165) is 22.5 Å². The molecule has 0 radical (unpaired) electrons. The van der Waals surface area contributed by atoms with Gasteiger partial charge in [0, 0.05) is 11.6 Å². The van der Waals surface area contributed by atoms with Crippen molar-refractivity contribution in [3.05, 3.63) is 46.6 Å². The van der Waals surface area contributed by atoms with E-state index in [-0.39, 0.29) is 0 Å². The van der Waals surface area contributed by atoms with Crippen LogP contribution in [0.25, 0.3) is 16.2 Å². The summed E-state index contributed by atoms with van der Waals surface area (Å²) in [6, 6.07) is 6.38. The second-order valence-corrected chi connectivity index (χ2v) is 5.19. The molecule has 1 aromatic carbocycles. The molecule has 3 aromatic rings. The van der Waals surface area contributed by atoms with Gasteiger partial charge < -0.3 is 0 Å². The van der Waals surface area contributed by atoms with E-state index in [4.69, 9.17) is 0 Å². The first-order valence-corrected chi connectivity index (χ1v) is 6.56. The Labute approximate surface area is 109 Å². The maximum atomic E-state index is 10.7. The van der Waals surface area contributed by atoms with Crippen molar-refractivity contribution >= 4 is 22.6 Å². The first-order chi connectivity index (χ1) is 8.69. The molecule has 0 saturated heterocycles. The summed E-state index contributed by atoms with van der Waals surface area (Å²) >= 11 is 1.55. The summed E-state index contributed by atoms with van der Waals surface area (Å²) in [5.41, 5.74) is 5.26. The quantitative estimate of drug-likeness (QED) is 0.658. The lowest BCUT2D eigenvalue weighted by molar-refractivity contribution is 0.111. The van der Waals surface area contributed by atoms with Gasteiger partial charge in [-0.1, -0.05) is 12.1 Å². The van der Waals surface area contributed by atoms with Crippen LogP contribution in [0.5, 0.6) is 0 Å². The third-order valence-electron chi connectivity index (χ3n) is 3.15. The van der Waals surface area contributed by atoms with E-state index in [1.807, 2.05) is 4.40 Å². The number of carbonyl (C=O) groups is 1. The van der Waals surface area contributed by atoms with E-state index in [9.17, 15) is 4.79 Å². The summed E-state index contributed by atoms with van der Waals surface area (Å²) in [7, 11) is 0. The second-order valence-electron chi connectivity index (χ2n) is 4.36. The van der Waals surface area contributed by atoms with E-state index in [1.165, 1.54) is 11.1 Å². The average molecular weight is 256 g/mol. The van der Waals surface area contributed by atoms with Crippen molar-refractivity contribution in [1.29, 1.82) is 0 Å². The van der Waals surface area contributed by atoms with Crippen molar-refractivity contribution in [2.24, 2.45) is 0 Å². The smallest absolute Gasteiger partial charge is 0.194 e. The van der Waals surface area contributed by atoms with Gasteiger partial charge in [-0.05, 0) is 36.6 Å². The van der Waals surface area contributed by atoms with Gasteiger partial charge in [0.2, 0.25) is 0 Å². The lowest BCUT2D eigenvalue weighted by atomic mass is 10.0. The molecule has 0 fully saturated rings. The summed E-state index contributed by atoms with van der Waals surface area (Å²) in [6.07, 6.45) is 2.56.